The second-order valence-electron chi connectivity index (χ2n) is 4.58. The third-order valence-electron chi connectivity index (χ3n) is 3.47. The van der Waals surface area contributed by atoms with E-state index in [9.17, 15) is 4.79 Å². The van der Waals surface area contributed by atoms with Crippen molar-refractivity contribution in [1.29, 1.82) is 0 Å². The van der Waals surface area contributed by atoms with Gasteiger partial charge in [-0.1, -0.05) is 12.1 Å². The topological polar surface area (TPSA) is 29.5 Å². The maximum Gasteiger partial charge on any atom is 0.337 e. The summed E-state index contributed by atoms with van der Waals surface area (Å²) in [5.41, 5.74) is 1.86. The summed E-state index contributed by atoms with van der Waals surface area (Å²) < 4.78 is 4.73. The fraction of sp³-hybridized carbons (Fsp3) is 0.267. The van der Waals surface area contributed by atoms with Crippen LogP contribution in [0.25, 0.3) is 10.8 Å². The number of hydrogen-bond donors (Lipinski definition) is 0. The third kappa shape index (κ3) is 1.82. The lowest BCUT2D eigenvalue weighted by atomic mass is 10.0. The van der Waals surface area contributed by atoms with Crippen LogP contribution >= 0.6 is 0 Å². The molecule has 1 fully saturated rings. The zero-order valence-electron chi connectivity index (χ0n) is 10.3. The Labute approximate surface area is 106 Å². The fourth-order valence-corrected chi connectivity index (χ4v) is 2.25. The van der Waals surface area contributed by atoms with E-state index in [-0.39, 0.29) is 5.97 Å². The molecule has 3 heteroatoms. The van der Waals surface area contributed by atoms with Crippen molar-refractivity contribution in [2.75, 3.05) is 25.1 Å². The first-order valence-electron chi connectivity index (χ1n) is 6.15. The summed E-state index contributed by atoms with van der Waals surface area (Å²) in [6.45, 7) is 2.29. The van der Waals surface area contributed by atoms with Gasteiger partial charge in [-0.25, -0.2) is 4.79 Å². The van der Waals surface area contributed by atoms with Crippen molar-refractivity contribution >= 4 is 22.4 Å². The van der Waals surface area contributed by atoms with E-state index < -0.39 is 0 Å². The van der Waals surface area contributed by atoms with Crippen molar-refractivity contribution in [3.8, 4) is 0 Å². The van der Waals surface area contributed by atoms with Gasteiger partial charge in [-0.15, -0.1) is 0 Å². The van der Waals surface area contributed by atoms with Gasteiger partial charge in [0.15, 0.2) is 0 Å². The molecule has 18 heavy (non-hydrogen) atoms. The number of esters is 1. The number of carbonyl (C=O) groups excluding carboxylic acids is 1. The Balaban J connectivity index is 2.00. The molecule has 1 aliphatic heterocycles. The Morgan fingerprint density at radius 2 is 1.83 bits per heavy atom. The van der Waals surface area contributed by atoms with Crippen LogP contribution in [-0.2, 0) is 4.74 Å². The van der Waals surface area contributed by atoms with E-state index in [4.69, 9.17) is 4.74 Å². The Hall–Kier alpha value is -2.03. The molecule has 1 saturated heterocycles. The smallest absolute Gasteiger partial charge is 0.337 e. The van der Waals surface area contributed by atoms with E-state index in [1.165, 1.54) is 19.2 Å². The highest BCUT2D eigenvalue weighted by Gasteiger charge is 2.14. The summed E-state index contributed by atoms with van der Waals surface area (Å²) in [5.74, 6) is -0.288. The van der Waals surface area contributed by atoms with Crippen LogP contribution < -0.4 is 4.90 Å². The summed E-state index contributed by atoms with van der Waals surface area (Å²) >= 11 is 0. The zero-order chi connectivity index (χ0) is 12.5. The Morgan fingerprint density at radius 1 is 1.11 bits per heavy atom. The minimum absolute atomic E-state index is 0.288. The molecule has 2 aromatic rings. The highest BCUT2D eigenvalue weighted by molar-refractivity contribution is 5.96. The van der Waals surface area contributed by atoms with Crippen molar-refractivity contribution < 1.29 is 9.53 Å². The average molecular weight is 241 g/mol. The first-order chi connectivity index (χ1) is 8.78. The molecule has 0 N–H and O–H groups in total. The van der Waals surface area contributed by atoms with Crippen LogP contribution in [0.2, 0.25) is 0 Å². The molecule has 0 atom stereocenters. The molecular weight excluding hydrogens is 226 g/mol. The van der Waals surface area contributed by atoms with Crippen molar-refractivity contribution in [2.45, 2.75) is 6.42 Å². The quantitative estimate of drug-likeness (QED) is 0.757. The number of rotatable bonds is 2. The maximum atomic E-state index is 11.5. The van der Waals surface area contributed by atoms with Gasteiger partial charge in [-0.2, -0.15) is 0 Å². The lowest BCUT2D eigenvalue weighted by Crippen LogP contribution is -2.36. The number of hydrogen-bond acceptors (Lipinski definition) is 3. The van der Waals surface area contributed by atoms with Gasteiger partial charge < -0.3 is 9.64 Å². The lowest BCUT2D eigenvalue weighted by Gasteiger charge is -2.33. The molecule has 0 aromatic heterocycles. The highest BCUT2D eigenvalue weighted by Crippen LogP contribution is 2.26. The van der Waals surface area contributed by atoms with Gasteiger partial charge in [0.1, 0.15) is 0 Å². The van der Waals surface area contributed by atoms with Crippen LogP contribution in [-0.4, -0.2) is 26.2 Å². The molecule has 3 nitrogen and oxygen atoms in total. The second-order valence-corrected chi connectivity index (χ2v) is 4.58. The number of ether oxygens (including phenoxy) is 1. The molecule has 0 spiro atoms. The van der Waals surface area contributed by atoms with Crippen LogP contribution in [0.4, 0.5) is 5.69 Å². The molecule has 1 aliphatic rings. The summed E-state index contributed by atoms with van der Waals surface area (Å²) in [7, 11) is 1.40. The number of benzene rings is 2. The van der Waals surface area contributed by atoms with E-state index in [1.54, 1.807) is 0 Å². The van der Waals surface area contributed by atoms with Crippen LogP contribution in [0.1, 0.15) is 16.8 Å². The molecule has 2 aromatic carbocycles. The predicted molar refractivity (Wildman–Crippen MR) is 72.1 cm³/mol. The van der Waals surface area contributed by atoms with Gasteiger partial charge in [0.2, 0.25) is 0 Å². The molecule has 0 unspecified atom stereocenters. The summed E-state index contributed by atoms with van der Waals surface area (Å²) in [6, 6.07) is 12.0. The Bertz CT molecular complexity index is 602. The SMILES string of the molecule is COC(=O)c1ccc2cc(N3CCC3)ccc2c1. The van der Waals surface area contributed by atoms with Crippen LogP contribution in [0, 0.1) is 0 Å². The first-order valence-corrected chi connectivity index (χ1v) is 6.15. The zero-order valence-corrected chi connectivity index (χ0v) is 10.3. The largest absolute Gasteiger partial charge is 0.465 e. The minimum atomic E-state index is -0.288. The minimum Gasteiger partial charge on any atom is -0.465 e. The van der Waals surface area contributed by atoms with Crippen LogP contribution in [0.3, 0.4) is 0 Å². The highest BCUT2D eigenvalue weighted by atomic mass is 16.5. The molecule has 0 aliphatic carbocycles. The van der Waals surface area contributed by atoms with Crippen LogP contribution in [0.5, 0.6) is 0 Å². The Kier molecular flexibility index (Phi) is 2.67. The van der Waals surface area contributed by atoms with Gasteiger partial charge in [0.25, 0.3) is 0 Å². The van der Waals surface area contributed by atoms with E-state index in [1.807, 2.05) is 18.2 Å². The lowest BCUT2D eigenvalue weighted by molar-refractivity contribution is 0.0601. The van der Waals surface area contributed by atoms with Crippen molar-refractivity contribution in [1.82, 2.24) is 0 Å². The van der Waals surface area contributed by atoms with Gasteiger partial charge in [-0.05, 0) is 41.5 Å². The number of nitrogens with zero attached hydrogens (tertiary/aromatic N) is 1. The van der Waals surface area contributed by atoms with Gasteiger partial charge in [-0.3, -0.25) is 0 Å². The standard InChI is InChI=1S/C15H15NO2/c1-18-15(17)13-4-3-12-10-14(16-7-2-8-16)6-5-11(12)9-13/h3-6,9-10H,2,7-8H2,1H3. The molecule has 0 amide bonds. The van der Waals surface area contributed by atoms with Gasteiger partial charge >= 0.3 is 5.97 Å². The van der Waals surface area contributed by atoms with Crippen LogP contribution in [0.15, 0.2) is 36.4 Å². The molecular formula is C15H15NO2. The number of fused-ring (bicyclic) bond motifs is 1. The molecule has 1 heterocycles. The summed E-state index contributed by atoms with van der Waals surface area (Å²) in [4.78, 5) is 13.8. The molecule has 0 radical (unpaired) electrons. The van der Waals surface area contributed by atoms with E-state index in [0.29, 0.717) is 5.56 Å². The monoisotopic (exact) mass is 241 g/mol. The second kappa shape index (κ2) is 4.33. The van der Waals surface area contributed by atoms with Gasteiger partial charge in [0, 0.05) is 18.8 Å². The predicted octanol–water partition coefficient (Wildman–Crippen LogP) is 2.84. The third-order valence-corrected chi connectivity index (χ3v) is 3.47. The van der Waals surface area contributed by atoms with E-state index in [0.717, 1.165) is 23.9 Å². The molecule has 0 bridgehead atoms. The molecule has 3 rings (SSSR count). The molecule has 0 saturated carbocycles. The first kappa shape index (κ1) is 11.1. The Morgan fingerprint density at radius 3 is 2.50 bits per heavy atom. The average Bonchev–Trinajstić information content (AvgIpc) is 2.35. The fourth-order valence-electron chi connectivity index (χ4n) is 2.25. The molecule has 92 valence electrons. The number of carbonyl (C=O) groups is 1. The van der Waals surface area contributed by atoms with Crippen molar-refractivity contribution in [2.24, 2.45) is 0 Å². The van der Waals surface area contributed by atoms with E-state index in [2.05, 4.69) is 23.1 Å². The maximum absolute atomic E-state index is 11.5. The number of methoxy groups -OCH3 is 1. The summed E-state index contributed by atoms with van der Waals surface area (Å²) in [6.07, 6.45) is 1.28. The van der Waals surface area contributed by atoms with Crippen molar-refractivity contribution in [3.63, 3.8) is 0 Å². The summed E-state index contributed by atoms with van der Waals surface area (Å²) in [5, 5.41) is 2.23. The number of anilines is 1. The van der Waals surface area contributed by atoms with Crippen molar-refractivity contribution in [3.05, 3.63) is 42.0 Å². The van der Waals surface area contributed by atoms with Gasteiger partial charge in [0.05, 0.1) is 12.7 Å². The normalized spacial score (nSPS) is 14.4. The van der Waals surface area contributed by atoms with E-state index >= 15 is 0 Å².